The van der Waals surface area contributed by atoms with E-state index in [0.29, 0.717) is 4.47 Å². The fourth-order valence-electron chi connectivity index (χ4n) is 1.19. The zero-order chi connectivity index (χ0) is 14.6. The molecule has 1 aromatic rings. The number of nitrogens with two attached hydrogens (primary N) is 1. The molecule has 0 fully saturated rings. The molecule has 0 aliphatic rings. The molecule has 1 aromatic carbocycles. The summed E-state index contributed by atoms with van der Waals surface area (Å²) in [6, 6.07) is 3.49. The first-order chi connectivity index (χ1) is 8.75. The fraction of sp³-hybridized carbons (Fsp3) is 0.300. The van der Waals surface area contributed by atoms with Crippen LogP contribution in [0.25, 0.3) is 0 Å². The molecule has 0 saturated carbocycles. The van der Waals surface area contributed by atoms with E-state index < -0.39 is 29.8 Å². The molecule has 3 N–H and O–H groups in total. The lowest BCUT2D eigenvalue weighted by molar-refractivity contribution is -0.385. The number of benzene rings is 1. The number of rotatable bonds is 5. The summed E-state index contributed by atoms with van der Waals surface area (Å²) in [5.74, 6) is -4.05. The highest BCUT2D eigenvalue weighted by Crippen LogP contribution is 2.21. The van der Waals surface area contributed by atoms with Crippen LogP contribution in [-0.4, -0.2) is 29.8 Å². The smallest absolute Gasteiger partial charge is 0.277 e. The van der Waals surface area contributed by atoms with Gasteiger partial charge < -0.3 is 11.1 Å². The van der Waals surface area contributed by atoms with Crippen molar-refractivity contribution in [2.24, 2.45) is 5.73 Å². The summed E-state index contributed by atoms with van der Waals surface area (Å²) in [5, 5.41) is 12.6. The summed E-state index contributed by atoms with van der Waals surface area (Å²) in [5.41, 5.74) is 4.42. The molecule has 0 bridgehead atoms. The summed E-state index contributed by atoms with van der Waals surface area (Å²) >= 11 is 3.00. The predicted molar refractivity (Wildman–Crippen MR) is 67.1 cm³/mol. The summed E-state index contributed by atoms with van der Waals surface area (Å²) in [6.07, 6.45) is 0. The van der Waals surface area contributed by atoms with Gasteiger partial charge in [-0.1, -0.05) is 15.9 Å². The third-order valence-electron chi connectivity index (χ3n) is 2.16. The molecule has 0 atom stereocenters. The van der Waals surface area contributed by atoms with Crippen molar-refractivity contribution in [3.63, 3.8) is 0 Å². The van der Waals surface area contributed by atoms with Gasteiger partial charge in [-0.3, -0.25) is 14.9 Å². The monoisotopic (exact) mass is 337 g/mol. The molecule has 104 valence electrons. The van der Waals surface area contributed by atoms with Crippen molar-refractivity contribution in [2.45, 2.75) is 5.92 Å². The van der Waals surface area contributed by atoms with E-state index in [1.54, 1.807) is 0 Å². The first kappa shape index (κ1) is 15.4. The van der Waals surface area contributed by atoms with Crippen LogP contribution >= 0.6 is 15.9 Å². The minimum atomic E-state index is -3.21. The van der Waals surface area contributed by atoms with Gasteiger partial charge in [0, 0.05) is 22.2 Å². The van der Waals surface area contributed by atoms with Gasteiger partial charge in [0.1, 0.15) is 0 Å². The van der Waals surface area contributed by atoms with E-state index in [0.717, 1.165) is 6.07 Å². The Kier molecular flexibility index (Phi) is 4.90. The number of halogens is 3. The van der Waals surface area contributed by atoms with Gasteiger partial charge in [-0.15, -0.1) is 0 Å². The highest BCUT2D eigenvalue weighted by Gasteiger charge is 2.27. The quantitative estimate of drug-likeness (QED) is 0.630. The number of non-ortho nitro benzene ring substituents is 1. The van der Waals surface area contributed by atoms with Crippen molar-refractivity contribution in [2.75, 3.05) is 13.1 Å². The van der Waals surface area contributed by atoms with E-state index in [9.17, 15) is 23.7 Å². The molecule has 6 nitrogen and oxygen atoms in total. The minimum absolute atomic E-state index is 0.0890. The maximum absolute atomic E-state index is 12.9. The van der Waals surface area contributed by atoms with Crippen LogP contribution in [-0.2, 0) is 0 Å². The fourth-order valence-corrected chi connectivity index (χ4v) is 1.68. The molecule has 0 spiro atoms. The lowest BCUT2D eigenvalue weighted by atomic mass is 10.2. The van der Waals surface area contributed by atoms with Crippen molar-refractivity contribution in [3.8, 4) is 0 Å². The topological polar surface area (TPSA) is 98.3 Å². The van der Waals surface area contributed by atoms with Crippen molar-refractivity contribution in [3.05, 3.63) is 38.3 Å². The second kappa shape index (κ2) is 6.02. The molecule has 19 heavy (non-hydrogen) atoms. The van der Waals surface area contributed by atoms with Crippen LogP contribution in [0, 0.1) is 10.1 Å². The Morgan fingerprint density at radius 3 is 2.63 bits per heavy atom. The van der Waals surface area contributed by atoms with E-state index >= 15 is 0 Å². The molecule has 0 aliphatic carbocycles. The molecule has 0 radical (unpaired) electrons. The van der Waals surface area contributed by atoms with Gasteiger partial charge in [-0.05, 0) is 6.07 Å². The molecule has 0 unspecified atom stereocenters. The number of hydrogen-bond acceptors (Lipinski definition) is 4. The number of nitrogens with one attached hydrogen (secondary N) is 1. The van der Waals surface area contributed by atoms with Crippen LogP contribution in [0.3, 0.4) is 0 Å². The Balaban J connectivity index is 2.85. The third kappa shape index (κ3) is 4.52. The molecular formula is C10H10BrF2N3O3. The second-order valence-electron chi connectivity index (χ2n) is 3.70. The maximum atomic E-state index is 12.9. The van der Waals surface area contributed by atoms with E-state index in [2.05, 4.69) is 15.9 Å². The normalized spacial score (nSPS) is 11.2. The number of carbonyl (C=O) groups excluding carboxylic acids is 1. The number of alkyl halides is 2. The van der Waals surface area contributed by atoms with E-state index in [-0.39, 0.29) is 11.3 Å². The van der Waals surface area contributed by atoms with Crippen LogP contribution in [0.5, 0.6) is 0 Å². The molecule has 0 aliphatic heterocycles. The van der Waals surface area contributed by atoms with Gasteiger partial charge in [0.05, 0.1) is 18.0 Å². The highest BCUT2D eigenvalue weighted by molar-refractivity contribution is 9.10. The lowest BCUT2D eigenvalue weighted by Crippen LogP contribution is -2.41. The molecule has 0 heterocycles. The first-order valence-electron chi connectivity index (χ1n) is 5.06. The van der Waals surface area contributed by atoms with Gasteiger partial charge >= 0.3 is 0 Å². The van der Waals surface area contributed by atoms with Crippen LogP contribution in [0.4, 0.5) is 14.5 Å². The largest absolute Gasteiger partial charge is 0.346 e. The van der Waals surface area contributed by atoms with Crippen LogP contribution in [0.2, 0.25) is 0 Å². The zero-order valence-corrected chi connectivity index (χ0v) is 11.1. The number of nitro groups is 1. The maximum Gasteiger partial charge on any atom is 0.277 e. The Morgan fingerprint density at radius 2 is 2.11 bits per heavy atom. The molecule has 1 rings (SSSR count). The summed E-state index contributed by atoms with van der Waals surface area (Å²) in [6.45, 7) is -1.82. The Bertz CT molecular complexity index is 511. The van der Waals surface area contributed by atoms with E-state index in [1.807, 2.05) is 5.32 Å². The summed E-state index contributed by atoms with van der Waals surface area (Å²) < 4.78 is 26.0. The predicted octanol–water partition coefficient (Wildman–Crippen LogP) is 1.68. The molecule has 9 heteroatoms. The lowest BCUT2D eigenvalue weighted by Gasteiger charge is -2.14. The van der Waals surface area contributed by atoms with Gasteiger partial charge in [0.2, 0.25) is 0 Å². The average Bonchev–Trinajstić information content (AvgIpc) is 2.35. The number of carbonyl (C=O) groups is 1. The molecule has 0 saturated heterocycles. The minimum Gasteiger partial charge on any atom is -0.346 e. The Morgan fingerprint density at radius 1 is 1.47 bits per heavy atom. The Labute approximate surface area is 115 Å². The SMILES string of the molecule is NCC(F)(F)CNC(=O)c1cc(Br)cc([N+](=O)[O-])c1. The van der Waals surface area contributed by atoms with Gasteiger partial charge in [0.25, 0.3) is 17.5 Å². The molecular weight excluding hydrogens is 328 g/mol. The summed E-state index contributed by atoms with van der Waals surface area (Å²) in [4.78, 5) is 21.5. The van der Waals surface area contributed by atoms with Crippen LogP contribution < -0.4 is 11.1 Å². The van der Waals surface area contributed by atoms with Gasteiger partial charge in [-0.25, -0.2) is 8.78 Å². The summed E-state index contributed by atoms with van der Waals surface area (Å²) in [7, 11) is 0. The second-order valence-corrected chi connectivity index (χ2v) is 4.61. The highest BCUT2D eigenvalue weighted by atomic mass is 79.9. The zero-order valence-electron chi connectivity index (χ0n) is 9.53. The Hall–Kier alpha value is -1.61. The number of nitro benzene ring substituents is 1. The van der Waals surface area contributed by atoms with Crippen LogP contribution in [0.1, 0.15) is 10.4 Å². The average molecular weight is 338 g/mol. The third-order valence-corrected chi connectivity index (χ3v) is 2.62. The van der Waals surface area contributed by atoms with Crippen LogP contribution in [0.15, 0.2) is 22.7 Å². The first-order valence-corrected chi connectivity index (χ1v) is 5.85. The van der Waals surface area contributed by atoms with E-state index in [4.69, 9.17) is 5.73 Å². The molecule has 0 aromatic heterocycles. The van der Waals surface area contributed by atoms with Crippen molar-refractivity contribution in [1.82, 2.24) is 5.32 Å². The van der Waals surface area contributed by atoms with Crippen molar-refractivity contribution < 1.29 is 18.5 Å². The molecule has 1 amide bonds. The number of hydrogen-bond donors (Lipinski definition) is 2. The van der Waals surface area contributed by atoms with Crippen molar-refractivity contribution in [1.29, 1.82) is 0 Å². The standard InChI is InChI=1S/C10H10BrF2N3O3/c11-7-1-6(2-8(3-7)16(18)19)9(17)15-5-10(12,13)4-14/h1-3H,4-5,14H2,(H,15,17). The van der Waals surface area contributed by atoms with Crippen molar-refractivity contribution >= 4 is 27.5 Å². The van der Waals surface area contributed by atoms with E-state index in [1.165, 1.54) is 12.1 Å². The van der Waals surface area contributed by atoms with Gasteiger partial charge in [0.15, 0.2) is 0 Å². The number of nitrogens with zero attached hydrogens (tertiary/aromatic N) is 1. The van der Waals surface area contributed by atoms with Gasteiger partial charge in [-0.2, -0.15) is 0 Å². The number of amides is 1.